The number of hydrogen-bond acceptors (Lipinski definition) is 3. The molecule has 0 aliphatic rings. The molecule has 1 atom stereocenters. The third kappa shape index (κ3) is 5.09. The van der Waals surface area contributed by atoms with Crippen LogP contribution >= 0.6 is 12.4 Å². The summed E-state index contributed by atoms with van der Waals surface area (Å²) in [4.78, 5) is 14.0. The first-order chi connectivity index (χ1) is 8.60. The third-order valence-electron chi connectivity index (χ3n) is 3.04. The number of methoxy groups -OCH3 is 1. The van der Waals surface area contributed by atoms with Gasteiger partial charge in [0.25, 0.3) is 0 Å². The van der Waals surface area contributed by atoms with Gasteiger partial charge < -0.3 is 15.0 Å². The molecular weight excluding hydrogens is 264 g/mol. The molecular formula is C14H23ClN2O2. The number of nitrogens with zero attached hydrogens (tertiary/aromatic N) is 1. The molecule has 1 unspecified atom stereocenters. The molecule has 0 radical (unpaired) electrons. The lowest BCUT2D eigenvalue weighted by atomic mass is 9.99. The van der Waals surface area contributed by atoms with E-state index < -0.39 is 0 Å². The van der Waals surface area contributed by atoms with Gasteiger partial charge in [0.1, 0.15) is 5.75 Å². The van der Waals surface area contributed by atoms with Crippen molar-refractivity contribution in [1.29, 1.82) is 0 Å². The number of benzene rings is 1. The molecule has 108 valence electrons. The molecule has 0 aliphatic carbocycles. The second-order valence-electron chi connectivity index (χ2n) is 4.36. The SMILES string of the molecule is CNCCN(C)C(=O)C(C)c1cccc(OC)c1.Cl. The van der Waals surface area contributed by atoms with Crippen molar-refractivity contribution in [1.82, 2.24) is 10.2 Å². The molecule has 0 heterocycles. The van der Waals surface area contributed by atoms with Crippen LogP contribution in [0.4, 0.5) is 0 Å². The van der Waals surface area contributed by atoms with Crippen molar-refractivity contribution in [3.63, 3.8) is 0 Å². The average Bonchev–Trinajstić information content (AvgIpc) is 2.43. The minimum Gasteiger partial charge on any atom is -0.497 e. The first-order valence-corrected chi connectivity index (χ1v) is 6.13. The summed E-state index contributed by atoms with van der Waals surface area (Å²) in [5, 5.41) is 3.04. The lowest BCUT2D eigenvalue weighted by Crippen LogP contribution is -2.35. The maximum atomic E-state index is 12.2. The maximum Gasteiger partial charge on any atom is 0.229 e. The van der Waals surface area contributed by atoms with Crippen LogP contribution in [0.3, 0.4) is 0 Å². The quantitative estimate of drug-likeness (QED) is 0.868. The fourth-order valence-corrected chi connectivity index (χ4v) is 1.77. The zero-order valence-corrected chi connectivity index (χ0v) is 12.8. The van der Waals surface area contributed by atoms with Crippen molar-refractivity contribution in [2.75, 3.05) is 34.3 Å². The topological polar surface area (TPSA) is 41.6 Å². The first-order valence-electron chi connectivity index (χ1n) is 6.13. The molecule has 1 aromatic carbocycles. The molecule has 0 saturated carbocycles. The zero-order valence-electron chi connectivity index (χ0n) is 12.0. The van der Waals surface area contributed by atoms with Crippen molar-refractivity contribution in [3.05, 3.63) is 29.8 Å². The van der Waals surface area contributed by atoms with Crippen LogP contribution in [0.2, 0.25) is 0 Å². The number of ether oxygens (including phenoxy) is 1. The highest BCUT2D eigenvalue weighted by Gasteiger charge is 2.19. The maximum absolute atomic E-state index is 12.2. The van der Waals surface area contributed by atoms with Gasteiger partial charge in [0.2, 0.25) is 5.91 Å². The van der Waals surface area contributed by atoms with E-state index in [1.165, 1.54) is 0 Å². The molecule has 1 amide bonds. The van der Waals surface area contributed by atoms with E-state index in [9.17, 15) is 4.79 Å². The van der Waals surface area contributed by atoms with E-state index >= 15 is 0 Å². The van der Waals surface area contributed by atoms with Crippen LogP contribution in [0.25, 0.3) is 0 Å². The summed E-state index contributed by atoms with van der Waals surface area (Å²) in [5.74, 6) is 0.755. The Morgan fingerprint density at radius 1 is 1.47 bits per heavy atom. The zero-order chi connectivity index (χ0) is 13.5. The van der Waals surface area contributed by atoms with Crippen LogP contribution in [0.1, 0.15) is 18.4 Å². The molecule has 1 N–H and O–H groups in total. The number of likely N-dealkylation sites (N-methyl/N-ethyl adjacent to an activating group) is 2. The Morgan fingerprint density at radius 3 is 2.74 bits per heavy atom. The summed E-state index contributed by atoms with van der Waals surface area (Å²) < 4.78 is 5.18. The van der Waals surface area contributed by atoms with Gasteiger partial charge in [-0.25, -0.2) is 0 Å². The minimum atomic E-state index is -0.151. The van der Waals surface area contributed by atoms with Crippen LogP contribution in [-0.4, -0.2) is 45.1 Å². The molecule has 0 bridgehead atoms. The third-order valence-corrected chi connectivity index (χ3v) is 3.04. The van der Waals surface area contributed by atoms with Gasteiger partial charge in [-0.15, -0.1) is 12.4 Å². The number of amides is 1. The lowest BCUT2D eigenvalue weighted by Gasteiger charge is -2.21. The van der Waals surface area contributed by atoms with E-state index in [2.05, 4.69) is 5.32 Å². The average molecular weight is 287 g/mol. The molecule has 0 aromatic heterocycles. The Balaban J connectivity index is 0.00000324. The van der Waals surface area contributed by atoms with Crippen molar-refractivity contribution in [2.45, 2.75) is 12.8 Å². The Hall–Kier alpha value is -1.26. The van der Waals surface area contributed by atoms with Gasteiger partial charge in [-0.2, -0.15) is 0 Å². The smallest absolute Gasteiger partial charge is 0.229 e. The molecule has 0 fully saturated rings. The Labute approximate surface area is 121 Å². The van der Waals surface area contributed by atoms with Crippen LogP contribution < -0.4 is 10.1 Å². The molecule has 0 saturated heterocycles. The van der Waals surface area contributed by atoms with Gasteiger partial charge in [-0.05, 0) is 31.7 Å². The van der Waals surface area contributed by atoms with E-state index in [4.69, 9.17) is 4.74 Å². The van der Waals surface area contributed by atoms with E-state index in [0.29, 0.717) is 6.54 Å². The largest absolute Gasteiger partial charge is 0.497 e. The highest BCUT2D eigenvalue weighted by molar-refractivity contribution is 5.85. The predicted octanol–water partition coefficient (Wildman–Crippen LogP) is 1.90. The Kier molecular flexibility index (Phi) is 8.19. The van der Waals surface area contributed by atoms with Crippen molar-refractivity contribution in [3.8, 4) is 5.75 Å². The second-order valence-corrected chi connectivity index (χ2v) is 4.36. The fourth-order valence-electron chi connectivity index (χ4n) is 1.77. The van der Waals surface area contributed by atoms with Crippen molar-refractivity contribution >= 4 is 18.3 Å². The Morgan fingerprint density at radius 2 is 2.16 bits per heavy atom. The van der Waals surface area contributed by atoms with Gasteiger partial charge in [0.05, 0.1) is 13.0 Å². The number of hydrogen-bond donors (Lipinski definition) is 1. The number of carbonyl (C=O) groups excluding carboxylic acids is 1. The molecule has 1 aromatic rings. The van der Waals surface area contributed by atoms with E-state index in [1.54, 1.807) is 12.0 Å². The van der Waals surface area contributed by atoms with E-state index in [0.717, 1.165) is 17.9 Å². The normalized spacial score (nSPS) is 11.4. The van der Waals surface area contributed by atoms with Gasteiger partial charge >= 0.3 is 0 Å². The van der Waals surface area contributed by atoms with Crippen LogP contribution in [0, 0.1) is 0 Å². The number of halogens is 1. The summed E-state index contributed by atoms with van der Waals surface area (Å²) in [7, 11) is 5.34. The predicted molar refractivity (Wildman–Crippen MR) is 80.2 cm³/mol. The number of nitrogens with one attached hydrogen (secondary N) is 1. The summed E-state index contributed by atoms with van der Waals surface area (Å²) in [5.41, 5.74) is 0.982. The van der Waals surface area contributed by atoms with Gasteiger partial charge in [-0.3, -0.25) is 4.79 Å². The monoisotopic (exact) mass is 286 g/mol. The van der Waals surface area contributed by atoms with Gasteiger partial charge in [0, 0.05) is 20.1 Å². The highest BCUT2D eigenvalue weighted by atomic mass is 35.5. The first kappa shape index (κ1) is 17.7. The van der Waals surface area contributed by atoms with Crippen molar-refractivity contribution in [2.24, 2.45) is 0 Å². The molecule has 19 heavy (non-hydrogen) atoms. The fraction of sp³-hybridized carbons (Fsp3) is 0.500. The summed E-state index contributed by atoms with van der Waals surface area (Å²) in [6.45, 7) is 3.43. The summed E-state index contributed by atoms with van der Waals surface area (Å²) in [6.07, 6.45) is 0. The standard InChI is InChI=1S/C14H22N2O2.ClH/c1-11(14(17)16(3)9-8-15-2)12-6-5-7-13(10-12)18-4;/h5-7,10-11,15H,8-9H2,1-4H3;1H. The van der Waals surface area contributed by atoms with E-state index in [1.807, 2.05) is 45.3 Å². The van der Waals surface area contributed by atoms with Gasteiger partial charge in [-0.1, -0.05) is 12.1 Å². The lowest BCUT2D eigenvalue weighted by molar-refractivity contribution is -0.131. The molecule has 4 nitrogen and oxygen atoms in total. The molecule has 0 spiro atoms. The van der Waals surface area contributed by atoms with Crippen LogP contribution in [-0.2, 0) is 4.79 Å². The number of rotatable bonds is 6. The molecule has 5 heteroatoms. The van der Waals surface area contributed by atoms with Crippen LogP contribution in [0.15, 0.2) is 24.3 Å². The van der Waals surface area contributed by atoms with Gasteiger partial charge in [0.15, 0.2) is 0 Å². The number of carbonyl (C=O) groups is 1. The van der Waals surface area contributed by atoms with Crippen LogP contribution in [0.5, 0.6) is 5.75 Å². The van der Waals surface area contributed by atoms with E-state index in [-0.39, 0.29) is 24.2 Å². The highest BCUT2D eigenvalue weighted by Crippen LogP contribution is 2.21. The second kappa shape index (κ2) is 8.77. The minimum absolute atomic E-state index is 0. The molecule has 0 aliphatic heterocycles. The summed E-state index contributed by atoms with van der Waals surface area (Å²) >= 11 is 0. The Bertz CT molecular complexity index is 399. The summed E-state index contributed by atoms with van der Waals surface area (Å²) in [6, 6.07) is 7.66. The van der Waals surface area contributed by atoms with Crippen molar-refractivity contribution < 1.29 is 9.53 Å². The molecule has 1 rings (SSSR count).